The Kier molecular flexibility index (Phi) is 6.73. The number of aromatic amines is 1. The summed E-state index contributed by atoms with van der Waals surface area (Å²) < 4.78 is 47.2. The molecular weight excluding hydrogens is 456 g/mol. The van der Waals surface area contributed by atoms with Crippen LogP contribution in [0.2, 0.25) is 10.2 Å². The van der Waals surface area contributed by atoms with Crippen molar-refractivity contribution in [3.63, 3.8) is 0 Å². The molecule has 0 fully saturated rings. The van der Waals surface area contributed by atoms with Gasteiger partial charge in [-0.1, -0.05) is 29.3 Å². The van der Waals surface area contributed by atoms with Gasteiger partial charge in [0.25, 0.3) is 12.3 Å². The molecule has 0 bridgehead atoms. The lowest BCUT2D eigenvalue weighted by molar-refractivity contribution is 0.0945. The smallest absolute Gasteiger partial charge is 0.273 e. The summed E-state index contributed by atoms with van der Waals surface area (Å²) >= 11 is 11.8. The summed E-state index contributed by atoms with van der Waals surface area (Å²) in [7, 11) is 0. The van der Waals surface area contributed by atoms with Gasteiger partial charge in [-0.3, -0.25) is 4.79 Å². The summed E-state index contributed by atoms with van der Waals surface area (Å²) in [5.74, 6) is -2.19. The molecule has 1 aromatic heterocycles. The van der Waals surface area contributed by atoms with Gasteiger partial charge in [-0.2, -0.15) is 5.26 Å². The monoisotopic (exact) mass is 468 g/mol. The van der Waals surface area contributed by atoms with Crippen LogP contribution >= 0.6 is 23.2 Å². The van der Waals surface area contributed by atoms with Gasteiger partial charge in [0.05, 0.1) is 17.2 Å². The van der Waals surface area contributed by atoms with E-state index < -0.39 is 29.5 Å². The topological polar surface area (TPSA) is 90.8 Å². The quantitative estimate of drug-likeness (QED) is 0.485. The molecule has 3 aromatic rings. The maximum atomic E-state index is 15.0. The number of carbonyl (C=O) groups is 1. The van der Waals surface area contributed by atoms with E-state index in [2.05, 4.69) is 15.3 Å². The van der Waals surface area contributed by atoms with Crippen molar-refractivity contribution in [3.8, 4) is 17.6 Å². The third-order valence-corrected chi connectivity index (χ3v) is 4.59. The molecule has 0 saturated carbocycles. The number of rotatable bonds is 6. The predicted molar refractivity (Wildman–Crippen MR) is 107 cm³/mol. The van der Waals surface area contributed by atoms with Crippen LogP contribution in [-0.4, -0.2) is 15.9 Å². The Balaban J connectivity index is 1.90. The highest BCUT2D eigenvalue weighted by Gasteiger charge is 2.23. The van der Waals surface area contributed by atoms with Crippen molar-refractivity contribution in [2.45, 2.75) is 19.9 Å². The molecule has 31 heavy (non-hydrogen) atoms. The van der Waals surface area contributed by atoms with E-state index in [-0.39, 0.29) is 39.3 Å². The summed E-state index contributed by atoms with van der Waals surface area (Å²) in [5, 5.41) is 11.6. The second-order valence-electron chi connectivity index (χ2n) is 6.31. The van der Waals surface area contributed by atoms with Crippen LogP contribution in [0.4, 0.5) is 13.2 Å². The number of ether oxygens (including phenoxy) is 1. The summed E-state index contributed by atoms with van der Waals surface area (Å²) in [4.78, 5) is 18.8. The molecule has 2 aromatic carbocycles. The highest BCUT2D eigenvalue weighted by Crippen LogP contribution is 2.37. The van der Waals surface area contributed by atoms with E-state index in [1.165, 1.54) is 18.2 Å². The Hall–Kier alpha value is -3.22. The van der Waals surface area contributed by atoms with Crippen LogP contribution in [0.5, 0.6) is 11.5 Å². The molecule has 0 radical (unpaired) electrons. The average molecular weight is 469 g/mol. The lowest BCUT2D eigenvalue weighted by atomic mass is 10.1. The number of aromatic nitrogens is 2. The van der Waals surface area contributed by atoms with E-state index in [1.807, 2.05) is 6.07 Å². The van der Waals surface area contributed by atoms with E-state index in [0.717, 1.165) is 12.1 Å². The van der Waals surface area contributed by atoms with Crippen molar-refractivity contribution >= 4 is 29.1 Å². The summed E-state index contributed by atoms with van der Waals surface area (Å²) in [5.41, 5.74) is -0.782. The second-order valence-corrected chi connectivity index (χ2v) is 7.13. The van der Waals surface area contributed by atoms with Crippen molar-refractivity contribution in [2.75, 3.05) is 0 Å². The second kappa shape index (κ2) is 9.29. The zero-order valence-corrected chi connectivity index (χ0v) is 17.3. The van der Waals surface area contributed by atoms with Gasteiger partial charge in [0.2, 0.25) is 0 Å². The van der Waals surface area contributed by atoms with Gasteiger partial charge in [0.15, 0.2) is 17.3 Å². The standard InChI is InChI=1S/C20H13Cl2F3N4O2/c1-9-28-16(18(22)29-9)20(30)27-8-11-2-3-14(19(24)25)17(15(11)23)31-13-5-10(7-26)4-12(21)6-13/h2-6,19H,8H2,1H3,(H,27,30)(H,28,29). The molecule has 1 amide bonds. The summed E-state index contributed by atoms with van der Waals surface area (Å²) in [6, 6.07) is 7.77. The first kappa shape index (κ1) is 22.5. The highest BCUT2D eigenvalue weighted by atomic mass is 35.5. The number of imidazole rings is 1. The lowest BCUT2D eigenvalue weighted by Crippen LogP contribution is -2.24. The first-order chi connectivity index (χ1) is 14.7. The molecule has 0 saturated heterocycles. The molecule has 0 unspecified atom stereocenters. The molecule has 3 rings (SSSR count). The molecule has 2 N–H and O–H groups in total. The first-order valence-electron chi connectivity index (χ1n) is 8.68. The summed E-state index contributed by atoms with van der Waals surface area (Å²) in [6.07, 6.45) is -3.03. The predicted octanol–water partition coefficient (Wildman–Crippen LogP) is 5.70. The molecule has 1 heterocycles. The van der Waals surface area contributed by atoms with Crippen LogP contribution in [0.1, 0.15) is 39.4 Å². The van der Waals surface area contributed by atoms with E-state index in [9.17, 15) is 13.6 Å². The van der Waals surface area contributed by atoms with Crippen molar-refractivity contribution in [2.24, 2.45) is 0 Å². The maximum absolute atomic E-state index is 15.0. The molecule has 0 atom stereocenters. The van der Waals surface area contributed by atoms with Crippen molar-refractivity contribution in [1.29, 1.82) is 5.26 Å². The number of hydrogen-bond acceptors (Lipinski definition) is 4. The zero-order valence-electron chi connectivity index (χ0n) is 15.8. The van der Waals surface area contributed by atoms with Crippen LogP contribution in [0.15, 0.2) is 30.3 Å². The van der Waals surface area contributed by atoms with E-state index >= 15 is 4.39 Å². The number of aryl methyl sites for hydroxylation is 1. The lowest BCUT2D eigenvalue weighted by Gasteiger charge is -2.15. The van der Waals surface area contributed by atoms with Crippen LogP contribution in [0, 0.1) is 24.1 Å². The molecule has 0 aliphatic heterocycles. The van der Waals surface area contributed by atoms with Gasteiger partial charge in [-0.15, -0.1) is 0 Å². The van der Waals surface area contributed by atoms with Crippen molar-refractivity contribution in [3.05, 3.63) is 74.5 Å². The number of halogens is 5. The Morgan fingerprint density at radius 1 is 1.32 bits per heavy atom. The number of nitriles is 1. The number of carbonyl (C=O) groups excluding carboxylic acids is 1. The fraction of sp³-hybridized carbons (Fsp3) is 0.150. The van der Waals surface area contributed by atoms with Gasteiger partial charge >= 0.3 is 0 Å². The minimum absolute atomic E-state index is 0.0156. The number of alkyl halides is 2. The van der Waals surface area contributed by atoms with Gasteiger partial charge < -0.3 is 15.0 Å². The van der Waals surface area contributed by atoms with Gasteiger partial charge in [-0.05, 0) is 31.2 Å². The number of amides is 1. The van der Waals surface area contributed by atoms with Crippen LogP contribution in [-0.2, 0) is 6.54 Å². The number of hydrogen-bond donors (Lipinski definition) is 2. The fourth-order valence-electron chi connectivity index (χ4n) is 2.70. The number of nitrogens with one attached hydrogen (secondary N) is 2. The number of benzene rings is 2. The largest absolute Gasteiger partial charge is 0.454 e. The maximum Gasteiger partial charge on any atom is 0.273 e. The van der Waals surface area contributed by atoms with Crippen LogP contribution in [0.25, 0.3) is 0 Å². The van der Waals surface area contributed by atoms with Gasteiger partial charge in [0.1, 0.15) is 16.7 Å². The van der Waals surface area contributed by atoms with Crippen LogP contribution < -0.4 is 10.1 Å². The molecule has 6 nitrogen and oxygen atoms in total. The third-order valence-electron chi connectivity index (χ3n) is 4.10. The average Bonchev–Trinajstić information content (AvgIpc) is 3.05. The highest BCUT2D eigenvalue weighted by molar-refractivity contribution is 6.32. The fourth-order valence-corrected chi connectivity index (χ4v) is 3.19. The number of nitrogens with zero attached hydrogens (tertiary/aromatic N) is 2. The third kappa shape index (κ3) is 5.10. The normalized spacial score (nSPS) is 10.8. The van der Waals surface area contributed by atoms with E-state index in [1.54, 1.807) is 6.92 Å². The minimum Gasteiger partial charge on any atom is -0.454 e. The molecular formula is C20H13Cl2F3N4O2. The minimum atomic E-state index is -3.03. The van der Waals surface area contributed by atoms with Gasteiger partial charge in [0, 0.05) is 17.1 Å². The first-order valence-corrected chi connectivity index (χ1v) is 9.43. The molecule has 11 heteroatoms. The van der Waals surface area contributed by atoms with Crippen molar-refractivity contribution in [1.82, 2.24) is 15.3 Å². The van der Waals surface area contributed by atoms with E-state index in [0.29, 0.717) is 5.82 Å². The Morgan fingerprint density at radius 3 is 2.68 bits per heavy atom. The SMILES string of the molecule is Cc1nc(C(=O)NCc2ccc(C(F)F)c(Oc3cc(Cl)cc(C#N)c3)c2F)c(Cl)[nH]1. The molecule has 160 valence electrons. The van der Waals surface area contributed by atoms with Crippen LogP contribution in [0.3, 0.4) is 0 Å². The number of H-pyrrole nitrogens is 1. The van der Waals surface area contributed by atoms with E-state index in [4.69, 9.17) is 33.2 Å². The Morgan fingerprint density at radius 2 is 2.06 bits per heavy atom. The molecule has 0 aliphatic carbocycles. The molecule has 0 aliphatic rings. The van der Waals surface area contributed by atoms with Gasteiger partial charge in [-0.25, -0.2) is 18.2 Å². The zero-order chi connectivity index (χ0) is 22.7. The molecule has 0 spiro atoms. The Bertz CT molecular complexity index is 1190. The summed E-state index contributed by atoms with van der Waals surface area (Å²) in [6.45, 7) is 1.26. The van der Waals surface area contributed by atoms with Crippen molar-refractivity contribution < 1.29 is 22.7 Å². The Labute approximate surface area is 184 Å².